The Balaban J connectivity index is 2.54. The van der Waals surface area contributed by atoms with Crippen LogP contribution in [0.15, 0.2) is 22.7 Å². The Morgan fingerprint density at radius 1 is 1.09 bits per heavy atom. The molecule has 0 radical (unpaired) electrons. The molecule has 3 rings (SSSR count). The number of aromatic nitrogens is 1. The number of ether oxygens (including phenoxy) is 3. The number of nitrogens with one attached hydrogen (secondary N) is 1. The minimum absolute atomic E-state index is 0.394. The zero-order valence-electron chi connectivity index (χ0n) is 13.2. The third-order valence-electron chi connectivity index (χ3n) is 3.99. The molecule has 0 amide bonds. The molecule has 0 unspecified atom stereocenters. The van der Waals surface area contributed by atoms with E-state index in [4.69, 9.17) is 14.2 Å². The van der Waals surface area contributed by atoms with Gasteiger partial charge in [-0.15, -0.1) is 0 Å². The van der Waals surface area contributed by atoms with Crippen LogP contribution in [0.4, 0.5) is 0 Å². The van der Waals surface area contributed by atoms with Gasteiger partial charge in [-0.3, -0.25) is 0 Å². The predicted molar refractivity (Wildman–Crippen MR) is 92.7 cm³/mol. The van der Waals surface area contributed by atoms with Gasteiger partial charge in [0.05, 0.1) is 37.9 Å². The van der Waals surface area contributed by atoms with Crippen LogP contribution in [0.1, 0.15) is 15.9 Å². The summed E-state index contributed by atoms with van der Waals surface area (Å²) in [6.45, 7) is 1.96. The molecule has 0 atom stereocenters. The summed E-state index contributed by atoms with van der Waals surface area (Å²) < 4.78 is 16.7. The first-order chi connectivity index (χ1) is 11.0. The number of benzene rings is 2. The lowest BCUT2D eigenvalue weighted by molar-refractivity contribution is 0.0603. The number of H-pyrrole nitrogens is 1. The molecule has 5 nitrogen and oxygen atoms in total. The monoisotopic (exact) mass is 377 g/mol. The van der Waals surface area contributed by atoms with E-state index in [1.165, 1.54) is 7.11 Å². The average molecular weight is 378 g/mol. The third-order valence-corrected chi connectivity index (χ3v) is 4.99. The highest BCUT2D eigenvalue weighted by molar-refractivity contribution is 9.10. The lowest BCUT2D eigenvalue weighted by Crippen LogP contribution is -2.02. The zero-order chi connectivity index (χ0) is 16.7. The van der Waals surface area contributed by atoms with Crippen molar-refractivity contribution in [1.29, 1.82) is 0 Å². The summed E-state index contributed by atoms with van der Waals surface area (Å²) >= 11 is 3.61. The standard InChI is InChI=1S/C17H16BrNO4/c1-8-12(22-3)7-10-13-9(17(20)23-4)5-6-11(21-2)16(13)19-15(10)14(8)18/h5-7,19H,1-4H3. The second kappa shape index (κ2) is 5.77. The minimum Gasteiger partial charge on any atom is -0.496 e. The van der Waals surface area contributed by atoms with Crippen LogP contribution >= 0.6 is 15.9 Å². The molecule has 1 aromatic heterocycles. The number of halogens is 1. The van der Waals surface area contributed by atoms with E-state index in [1.54, 1.807) is 26.4 Å². The van der Waals surface area contributed by atoms with Gasteiger partial charge in [-0.1, -0.05) is 0 Å². The lowest BCUT2D eigenvalue weighted by Gasteiger charge is -2.08. The smallest absolute Gasteiger partial charge is 0.338 e. The van der Waals surface area contributed by atoms with Crippen molar-refractivity contribution in [2.75, 3.05) is 21.3 Å². The number of rotatable bonds is 3. The van der Waals surface area contributed by atoms with Crippen LogP contribution in [0.2, 0.25) is 0 Å². The van der Waals surface area contributed by atoms with Crippen LogP contribution in [-0.2, 0) is 4.74 Å². The van der Waals surface area contributed by atoms with Gasteiger partial charge in [0.1, 0.15) is 11.5 Å². The molecule has 0 aliphatic rings. The summed E-state index contributed by atoms with van der Waals surface area (Å²) in [7, 11) is 4.59. The van der Waals surface area contributed by atoms with E-state index in [-0.39, 0.29) is 0 Å². The van der Waals surface area contributed by atoms with Gasteiger partial charge in [0, 0.05) is 20.8 Å². The first-order valence-electron chi connectivity index (χ1n) is 6.97. The highest BCUT2D eigenvalue weighted by Gasteiger charge is 2.21. The summed E-state index contributed by atoms with van der Waals surface area (Å²) in [4.78, 5) is 15.5. The summed E-state index contributed by atoms with van der Waals surface area (Å²) in [5.74, 6) is 1.01. The fourth-order valence-electron chi connectivity index (χ4n) is 2.82. The normalized spacial score (nSPS) is 11.0. The SMILES string of the molecule is COC(=O)c1ccc(OC)c2[nH]c3c(Br)c(C)c(OC)cc3c12. The fourth-order valence-corrected chi connectivity index (χ4v) is 3.33. The van der Waals surface area contributed by atoms with E-state index >= 15 is 0 Å². The molecular formula is C17H16BrNO4. The number of carbonyl (C=O) groups excluding carboxylic acids is 1. The van der Waals surface area contributed by atoms with E-state index in [9.17, 15) is 4.79 Å². The Bertz CT molecular complexity index is 930. The second-order valence-corrected chi connectivity index (χ2v) is 5.92. The molecule has 1 N–H and O–H groups in total. The minimum atomic E-state index is -0.394. The van der Waals surface area contributed by atoms with Crippen molar-refractivity contribution >= 4 is 43.7 Å². The van der Waals surface area contributed by atoms with Gasteiger partial charge in [0.25, 0.3) is 0 Å². The van der Waals surface area contributed by atoms with E-state index < -0.39 is 5.97 Å². The molecule has 0 saturated heterocycles. The van der Waals surface area contributed by atoms with E-state index in [0.717, 1.165) is 37.6 Å². The molecule has 0 spiro atoms. The van der Waals surface area contributed by atoms with Crippen molar-refractivity contribution in [3.8, 4) is 11.5 Å². The molecule has 6 heteroatoms. The number of hydrogen-bond acceptors (Lipinski definition) is 4. The van der Waals surface area contributed by atoms with Crippen LogP contribution in [0, 0.1) is 6.92 Å². The van der Waals surface area contributed by atoms with Gasteiger partial charge in [0.2, 0.25) is 0 Å². The second-order valence-electron chi connectivity index (χ2n) is 5.12. The highest BCUT2D eigenvalue weighted by atomic mass is 79.9. The van der Waals surface area contributed by atoms with Gasteiger partial charge in [-0.25, -0.2) is 4.79 Å². The van der Waals surface area contributed by atoms with Crippen molar-refractivity contribution < 1.29 is 19.0 Å². The maximum Gasteiger partial charge on any atom is 0.338 e. The van der Waals surface area contributed by atoms with Crippen LogP contribution in [0.3, 0.4) is 0 Å². The molecule has 0 aliphatic heterocycles. The van der Waals surface area contributed by atoms with Gasteiger partial charge in [-0.2, -0.15) is 0 Å². The summed E-state index contributed by atoms with van der Waals surface area (Å²) in [5.41, 5.74) is 3.09. The maximum absolute atomic E-state index is 12.2. The van der Waals surface area contributed by atoms with Crippen molar-refractivity contribution in [1.82, 2.24) is 4.98 Å². The quantitative estimate of drug-likeness (QED) is 0.695. The molecule has 0 bridgehead atoms. The van der Waals surface area contributed by atoms with Crippen LogP contribution in [0.25, 0.3) is 21.8 Å². The molecule has 0 aliphatic carbocycles. The molecule has 0 fully saturated rings. The molecular weight excluding hydrogens is 362 g/mol. The van der Waals surface area contributed by atoms with E-state index in [2.05, 4.69) is 20.9 Å². The van der Waals surface area contributed by atoms with Crippen molar-refractivity contribution in [2.24, 2.45) is 0 Å². The van der Waals surface area contributed by atoms with Gasteiger partial charge >= 0.3 is 5.97 Å². The lowest BCUT2D eigenvalue weighted by atomic mass is 10.0. The van der Waals surface area contributed by atoms with Crippen LogP contribution in [-0.4, -0.2) is 32.3 Å². The third kappa shape index (κ3) is 2.25. The predicted octanol–water partition coefficient (Wildman–Crippen LogP) is 4.20. The number of methoxy groups -OCH3 is 3. The summed E-state index contributed by atoms with van der Waals surface area (Å²) in [6.07, 6.45) is 0. The highest BCUT2D eigenvalue weighted by Crippen LogP contribution is 2.41. The molecule has 3 aromatic rings. The number of hydrogen-bond donors (Lipinski definition) is 1. The molecule has 23 heavy (non-hydrogen) atoms. The number of aromatic amines is 1. The van der Waals surface area contributed by atoms with Crippen LogP contribution in [0.5, 0.6) is 11.5 Å². The van der Waals surface area contributed by atoms with E-state index in [0.29, 0.717) is 11.3 Å². The van der Waals surface area contributed by atoms with Crippen LogP contribution < -0.4 is 9.47 Å². The van der Waals surface area contributed by atoms with E-state index in [1.807, 2.05) is 13.0 Å². The number of carbonyl (C=O) groups is 1. The first kappa shape index (κ1) is 15.7. The maximum atomic E-state index is 12.2. The number of fused-ring (bicyclic) bond motifs is 3. The summed E-state index contributed by atoms with van der Waals surface area (Å²) in [6, 6.07) is 5.38. The topological polar surface area (TPSA) is 60.5 Å². The fraction of sp³-hybridized carbons (Fsp3) is 0.235. The van der Waals surface area contributed by atoms with Crippen molar-refractivity contribution in [3.05, 3.63) is 33.8 Å². The Labute approximate surface area is 141 Å². The van der Waals surface area contributed by atoms with Gasteiger partial charge < -0.3 is 19.2 Å². The zero-order valence-corrected chi connectivity index (χ0v) is 14.8. The number of esters is 1. The average Bonchev–Trinajstić information content (AvgIpc) is 2.96. The molecule has 1 heterocycles. The first-order valence-corrected chi connectivity index (χ1v) is 7.76. The van der Waals surface area contributed by atoms with Crippen molar-refractivity contribution in [3.63, 3.8) is 0 Å². The summed E-state index contributed by atoms with van der Waals surface area (Å²) in [5, 5.41) is 1.62. The Morgan fingerprint density at radius 3 is 2.39 bits per heavy atom. The molecule has 0 saturated carbocycles. The molecule has 2 aromatic carbocycles. The Morgan fingerprint density at radius 2 is 1.78 bits per heavy atom. The largest absolute Gasteiger partial charge is 0.496 e. The Kier molecular flexibility index (Phi) is 3.93. The van der Waals surface area contributed by atoms with Gasteiger partial charge in [-0.05, 0) is 41.1 Å². The van der Waals surface area contributed by atoms with Crippen molar-refractivity contribution in [2.45, 2.75) is 6.92 Å². The van der Waals surface area contributed by atoms with Gasteiger partial charge in [0.15, 0.2) is 0 Å². The molecule has 120 valence electrons. The Hall–Kier alpha value is -2.21.